The Morgan fingerprint density at radius 3 is 2.22 bits per heavy atom. The van der Waals surface area contributed by atoms with Gasteiger partial charge < -0.3 is 13.9 Å². The number of alkyl halides is 2. The van der Waals surface area contributed by atoms with E-state index in [9.17, 15) is 13.6 Å². The van der Waals surface area contributed by atoms with Gasteiger partial charge in [-0.2, -0.15) is 9.97 Å². The van der Waals surface area contributed by atoms with Crippen molar-refractivity contribution in [1.82, 2.24) is 20.3 Å². The Morgan fingerprint density at radius 2 is 1.56 bits per heavy atom. The van der Waals surface area contributed by atoms with Crippen LogP contribution in [-0.4, -0.2) is 38.7 Å². The predicted molar refractivity (Wildman–Crippen MR) is 144 cm³/mol. The van der Waals surface area contributed by atoms with Gasteiger partial charge in [0.2, 0.25) is 17.7 Å². The maximum absolute atomic E-state index is 13.8. The van der Waals surface area contributed by atoms with Crippen LogP contribution in [0.2, 0.25) is 0 Å². The van der Waals surface area contributed by atoms with Gasteiger partial charge in [0.05, 0.1) is 0 Å². The summed E-state index contributed by atoms with van der Waals surface area (Å²) < 4.78 is 38.6. The van der Waals surface area contributed by atoms with E-state index in [-0.39, 0.29) is 41.9 Å². The standard InChI is InChI=1S/C31H35F2N5O3/c32-31(33)16-19(17-31)14-24(39)38(23-3-1-2-22(15-23)27-34-25(36-40-27)20-4-5-20)18-29-8-11-30(12-9-29,13-10-29)28-35-26(37-41-28)21-6-7-21/h1-3,15,19-21H,4-14,16-18H2. The molecule has 6 saturated carbocycles. The minimum atomic E-state index is -2.64. The molecule has 0 spiro atoms. The normalized spacial score (nSPS) is 28.9. The summed E-state index contributed by atoms with van der Waals surface area (Å²) in [6.07, 6.45) is 9.95. The smallest absolute Gasteiger partial charge is 0.258 e. The van der Waals surface area contributed by atoms with Crippen LogP contribution in [0.5, 0.6) is 0 Å². The molecule has 0 saturated heterocycles. The number of hydrogen-bond acceptors (Lipinski definition) is 7. The molecule has 10 heteroatoms. The molecule has 0 unspecified atom stereocenters. The van der Waals surface area contributed by atoms with Crippen LogP contribution in [0.15, 0.2) is 33.3 Å². The molecule has 2 heterocycles. The van der Waals surface area contributed by atoms with E-state index in [2.05, 4.69) is 15.3 Å². The Labute approximate surface area is 237 Å². The van der Waals surface area contributed by atoms with Crippen molar-refractivity contribution >= 4 is 11.6 Å². The number of amides is 1. The minimum Gasteiger partial charge on any atom is -0.339 e. The van der Waals surface area contributed by atoms with Gasteiger partial charge in [0.25, 0.3) is 5.89 Å². The van der Waals surface area contributed by atoms with E-state index in [1.165, 1.54) is 0 Å². The van der Waals surface area contributed by atoms with Crippen molar-refractivity contribution in [2.24, 2.45) is 11.3 Å². The lowest BCUT2D eigenvalue weighted by molar-refractivity contribution is -0.132. The van der Waals surface area contributed by atoms with Crippen molar-refractivity contribution in [2.75, 3.05) is 11.4 Å². The summed E-state index contributed by atoms with van der Waals surface area (Å²) in [5, 5.41) is 8.43. The first-order valence-corrected chi connectivity index (χ1v) is 15.3. The molecule has 1 amide bonds. The van der Waals surface area contributed by atoms with Gasteiger partial charge in [-0.15, -0.1) is 0 Å². The summed E-state index contributed by atoms with van der Waals surface area (Å²) in [7, 11) is 0. The second-order valence-corrected chi connectivity index (χ2v) is 13.6. The highest BCUT2D eigenvalue weighted by molar-refractivity contribution is 5.94. The number of carbonyl (C=O) groups excluding carboxylic acids is 1. The van der Waals surface area contributed by atoms with Crippen LogP contribution in [0, 0.1) is 11.3 Å². The number of carbonyl (C=O) groups is 1. The quantitative estimate of drug-likeness (QED) is 0.278. The van der Waals surface area contributed by atoms with Crippen LogP contribution in [0.4, 0.5) is 14.5 Å². The van der Waals surface area contributed by atoms with Crippen LogP contribution < -0.4 is 4.90 Å². The number of hydrogen-bond donors (Lipinski definition) is 0. The minimum absolute atomic E-state index is 0.0278. The van der Waals surface area contributed by atoms with E-state index >= 15 is 0 Å². The molecule has 6 fully saturated rings. The van der Waals surface area contributed by atoms with Crippen LogP contribution in [0.25, 0.3) is 11.5 Å². The van der Waals surface area contributed by atoms with Gasteiger partial charge in [-0.1, -0.05) is 16.4 Å². The second-order valence-electron chi connectivity index (χ2n) is 13.6. The van der Waals surface area contributed by atoms with Crippen LogP contribution in [-0.2, 0) is 10.2 Å². The molecule has 0 radical (unpaired) electrons. The van der Waals surface area contributed by atoms with E-state index in [0.29, 0.717) is 24.3 Å². The van der Waals surface area contributed by atoms with Gasteiger partial charge >= 0.3 is 0 Å². The lowest BCUT2D eigenvalue weighted by Gasteiger charge is -2.53. The first-order valence-electron chi connectivity index (χ1n) is 15.3. The molecular weight excluding hydrogens is 528 g/mol. The molecule has 2 aromatic heterocycles. The van der Waals surface area contributed by atoms with Gasteiger partial charge in [0.1, 0.15) is 0 Å². The zero-order valence-corrected chi connectivity index (χ0v) is 23.2. The Balaban J connectivity index is 1.04. The number of rotatable bonds is 9. The van der Waals surface area contributed by atoms with Gasteiger partial charge in [-0.25, -0.2) is 8.78 Å². The molecule has 2 bridgehead atoms. The van der Waals surface area contributed by atoms with Crippen molar-refractivity contribution in [3.8, 4) is 11.5 Å². The molecule has 0 N–H and O–H groups in total. The van der Waals surface area contributed by atoms with E-state index in [0.717, 1.165) is 93.0 Å². The monoisotopic (exact) mass is 563 g/mol. The molecule has 41 heavy (non-hydrogen) atoms. The Bertz CT molecular complexity index is 1440. The second kappa shape index (κ2) is 9.16. The van der Waals surface area contributed by atoms with Gasteiger partial charge in [-0.05, 0) is 93.7 Å². The summed E-state index contributed by atoms with van der Waals surface area (Å²) in [6.45, 7) is 0.572. The van der Waals surface area contributed by atoms with E-state index in [4.69, 9.17) is 14.0 Å². The van der Waals surface area contributed by atoms with Crippen molar-refractivity contribution in [2.45, 2.75) is 107 Å². The zero-order chi connectivity index (χ0) is 27.8. The summed E-state index contributed by atoms with van der Waals surface area (Å²) in [5.41, 5.74) is 1.43. The fourth-order valence-corrected chi connectivity index (χ4v) is 7.39. The number of aromatic nitrogens is 4. The number of nitrogens with zero attached hydrogens (tertiary/aromatic N) is 5. The topological polar surface area (TPSA) is 98.2 Å². The lowest BCUT2D eigenvalue weighted by atomic mass is 9.53. The molecule has 6 aliphatic carbocycles. The van der Waals surface area contributed by atoms with E-state index < -0.39 is 5.92 Å². The van der Waals surface area contributed by atoms with Crippen molar-refractivity contribution in [3.05, 3.63) is 41.8 Å². The van der Waals surface area contributed by atoms with Crippen molar-refractivity contribution in [1.29, 1.82) is 0 Å². The first-order chi connectivity index (χ1) is 19.8. The van der Waals surface area contributed by atoms with E-state index in [1.54, 1.807) is 0 Å². The molecule has 216 valence electrons. The fraction of sp³-hybridized carbons (Fsp3) is 0.645. The third kappa shape index (κ3) is 4.77. The van der Waals surface area contributed by atoms with Crippen LogP contribution in [0.3, 0.4) is 0 Å². The summed E-state index contributed by atoms with van der Waals surface area (Å²) >= 11 is 0. The number of halogens is 2. The fourth-order valence-electron chi connectivity index (χ4n) is 7.39. The maximum Gasteiger partial charge on any atom is 0.258 e. The summed E-state index contributed by atoms with van der Waals surface area (Å²) in [5.74, 6) is 0.681. The first kappa shape index (κ1) is 25.5. The average Bonchev–Trinajstić information content (AvgIpc) is 3.90. The number of anilines is 1. The molecular formula is C31H35F2N5O3. The average molecular weight is 564 g/mol. The Hall–Kier alpha value is -3.17. The third-order valence-electron chi connectivity index (χ3n) is 10.5. The molecule has 3 aromatic rings. The highest BCUT2D eigenvalue weighted by Gasteiger charge is 2.53. The molecule has 0 atom stereocenters. The van der Waals surface area contributed by atoms with Gasteiger partial charge in [-0.3, -0.25) is 4.79 Å². The largest absolute Gasteiger partial charge is 0.339 e. The maximum atomic E-state index is 13.8. The van der Waals surface area contributed by atoms with Gasteiger partial charge in [0.15, 0.2) is 11.6 Å². The van der Waals surface area contributed by atoms with Crippen LogP contribution in [0.1, 0.15) is 113 Å². The van der Waals surface area contributed by atoms with Crippen molar-refractivity contribution < 1.29 is 22.6 Å². The molecule has 0 aliphatic heterocycles. The molecule has 9 rings (SSSR count). The van der Waals surface area contributed by atoms with Gasteiger partial charge in [0, 0.05) is 54.3 Å². The molecule has 6 aliphatic rings. The van der Waals surface area contributed by atoms with Crippen LogP contribution >= 0.6 is 0 Å². The number of benzene rings is 1. The third-order valence-corrected chi connectivity index (χ3v) is 10.5. The number of fused-ring (bicyclic) bond motifs is 3. The molecule has 1 aromatic carbocycles. The summed E-state index contributed by atoms with van der Waals surface area (Å²) in [6, 6.07) is 7.68. The Morgan fingerprint density at radius 1 is 0.902 bits per heavy atom. The highest BCUT2D eigenvalue weighted by atomic mass is 19.3. The summed E-state index contributed by atoms with van der Waals surface area (Å²) in [4.78, 5) is 25.1. The van der Waals surface area contributed by atoms with E-state index in [1.807, 2.05) is 29.2 Å². The Kier molecular flexibility index (Phi) is 5.71. The zero-order valence-electron chi connectivity index (χ0n) is 23.2. The molecule has 8 nitrogen and oxygen atoms in total. The lowest BCUT2D eigenvalue weighted by Crippen LogP contribution is -2.51. The van der Waals surface area contributed by atoms with Crippen molar-refractivity contribution in [3.63, 3.8) is 0 Å². The highest BCUT2D eigenvalue weighted by Crippen LogP contribution is 2.58. The SMILES string of the molecule is O=C(CC1CC(F)(F)C1)N(CC12CCC(c3nc(C4CC4)no3)(CC1)CC2)c1cccc(-c2nc(C3CC3)no2)c1. The predicted octanol–water partition coefficient (Wildman–Crippen LogP) is 6.94.